The number of rotatable bonds is 2. The minimum Gasteiger partial charge on any atom is -0.327 e. The van der Waals surface area contributed by atoms with Crippen LogP contribution < -0.4 is 5.73 Å². The highest BCUT2D eigenvalue weighted by Crippen LogP contribution is 2.17. The molecule has 0 aliphatic heterocycles. The van der Waals surface area contributed by atoms with Gasteiger partial charge < -0.3 is 5.73 Å². The Bertz CT molecular complexity index is 468. The maximum Gasteiger partial charge on any atom is 0.0924 e. The summed E-state index contributed by atoms with van der Waals surface area (Å²) in [5.41, 5.74) is 8.66. The number of fused-ring (bicyclic) bond motifs is 1. The predicted octanol–water partition coefficient (Wildman–Crippen LogP) is 1.84. The average Bonchev–Trinajstić information content (AvgIpc) is 2.57. The van der Waals surface area contributed by atoms with Crippen LogP contribution in [0.3, 0.4) is 0 Å². The maximum absolute atomic E-state index is 5.39. The zero-order valence-corrected chi connectivity index (χ0v) is 8.12. The van der Waals surface area contributed by atoms with Crippen molar-refractivity contribution in [3.8, 4) is 0 Å². The first kappa shape index (κ1) is 8.97. The first-order valence-corrected chi connectivity index (χ1v) is 4.62. The Morgan fingerprint density at radius 2 is 2.36 bits per heavy atom. The normalized spacial score (nSPS) is 11.6. The van der Waals surface area contributed by atoms with Crippen molar-refractivity contribution in [3.05, 3.63) is 35.5 Å². The zero-order chi connectivity index (χ0) is 9.97. The number of aromatic nitrogens is 2. The van der Waals surface area contributed by atoms with Crippen LogP contribution >= 0.6 is 0 Å². The SMILES string of the molecule is Cc1[nH]nc2ccc(/C=C/CN)cc12. The lowest BCUT2D eigenvalue weighted by Gasteiger charge is -1.93. The number of nitrogens with zero attached hydrogens (tertiary/aromatic N) is 1. The molecule has 14 heavy (non-hydrogen) atoms. The summed E-state index contributed by atoms with van der Waals surface area (Å²) in [6.45, 7) is 2.59. The Balaban J connectivity index is 2.49. The van der Waals surface area contributed by atoms with E-state index in [0.717, 1.165) is 16.8 Å². The molecular formula is C11H13N3. The number of aryl methyl sites for hydroxylation is 1. The Kier molecular flexibility index (Phi) is 2.33. The molecule has 0 spiro atoms. The van der Waals surface area contributed by atoms with E-state index >= 15 is 0 Å². The van der Waals surface area contributed by atoms with Crippen molar-refractivity contribution in [1.82, 2.24) is 10.2 Å². The summed E-state index contributed by atoms with van der Waals surface area (Å²) in [4.78, 5) is 0. The fourth-order valence-electron chi connectivity index (χ4n) is 1.46. The van der Waals surface area contributed by atoms with E-state index in [9.17, 15) is 0 Å². The van der Waals surface area contributed by atoms with Crippen LogP contribution in [0, 0.1) is 6.92 Å². The van der Waals surface area contributed by atoms with E-state index in [0.29, 0.717) is 6.54 Å². The number of aromatic amines is 1. The molecule has 0 saturated heterocycles. The van der Waals surface area contributed by atoms with Gasteiger partial charge >= 0.3 is 0 Å². The van der Waals surface area contributed by atoms with Crippen molar-refractivity contribution in [2.24, 2.45) is 5.73 Å². The van der Waals surface area contributed by atoms with Crippen LogP contribution in [0.4, 0.5) is 0 Å². The number of hydrogen-bond donors (Lipinski definition) is 2. The lowest BCUT2D eigenvalue weighted by molar-refractivity contribution is 1.07. The van der Waals surface area contributed by atoms with Crippen LogP contribution in [0.2, 0.25) is 0 Å². The number of H-pyrrole nitrogens is 1. The molecule has 0 amide bonds. The molecule has 72 valence electrons. The number of nitrogens with one attached hydrogen (secondary N) is 1. The molecule has 1 heterocycles. The Hall–Kier alpha value is -1.61. The van der Waals surface area contributed by atoms with Gasteiger partial charge in [-0.05, 0) is 24.6 Å². The van der Waals surface area contributed by atoms with E-state index in [4.69, 9.17) is 5.73 Å². The summed E-state index contributed by atoms with van der Waals surface area (Å²) in [6, 6.07) is 6.16. The predicted molar refractivity (Wildman–Crippen MR) is 58.9 cm³/mol. The summed E-state index contributed by atoms with van der Waals surface area (Å²) < 4.78 is 0. The molecule has 1 aromatic carbocycles. The van der Waals surface area contributed by atoms with Crippen molar-refractivity contribution in [3.63, 3.8) is 0 Å². The van der Waals surface area contributed by atoms with Crippen molar-refractivity contribution in [1.29, 1.82) is 0 Å². The standard InChI is InChI=1S/C11H13N3/c1-8-10-7-9(3-2-6-12)4-5-11(10)14-13-8/h2-5,7H,6,12H2,1H3,(H,13,14)/b3-2+. The third-order valence-electron chi connectivity index (χ3n) is 2.22. The van der Waals surface area contributed by atoms with Gasteiger partial charge in [0.15, 0.2) is 0 Å². The molecule has 0 fully saturated rings. The van der Waals surface area contributed by atoms with Crippen LogP contribution in [0.25, 0.3) is 17.0 Å². The summed E-state index contributed by atoms with van der Waals surface area (Å²) in [6.07, 6.45) is 3.96. The molecule has 0 bridgehead atoms. The number of nitrogens with two attached hydrogens (primary N) is 1. The minimum absolute atomic E-state index is 0.572. The van der Waals surface area contributed by atoms with E-state index in [2.05, 4.69) is 16.3 Å². The van der Waals surface area contributed by atoms with Gasteiger partial charge in [0.2, 0.25) is 0 Å². The lowest BCUT2D eigenvalue weighted by atomic mass is 10.1. The van der Waals surface area contributed by atoms with Crippen molar-refractivity contribution < 1.29 is 0 Å². The highest BCUT2D eigenvalue weighted by atomic mass is 15.1. The second-order valence-electron chi connectivity index (χ2n) is 3.26. The second kappa shape index (κ2) is 3.64. The Morgan fingerprint density at radius 1 is 1.50 bits per heavy atom. The molecule has 0 saturated carbocycles. The van der Waals surface area contributed by atoms with Crippen LogP contribution in [0.5, 0.6) is 0 Å². The molecule has 0 aliphatic carbocycles. The third kappa shape index (κ3) is 1.54. The van der Waals surface area contributed by atoms with Crippen molar-refractivity contribution in [2.75, 3.05) is 6.54 Å². The fourth-order valence-corrected chi connectivity index (χ4v) is 1.46. The van der Waals surface area contributed by atoms with E-state index in [1.54, 1.807) is 0 Å². The summed E-state index contributed by atoms with van der Waals surface area (Å²) >= 11 is 0. The molecule has 0 radical (unpaired) electrons. The van der Waals surface area contributed by atoms with E-state index < -0.39 is 0 Å². The fraction of sp³-hybridized carbons (Fsp3) is 0.182. The molecule has 3 heteroatoms. The first-order valence-electron chi connectivity index (χ1n) is 4.62. The molecule has 0 unspecified atom stereocenters. The van der Waals surface area contributed by atoms with Crippen LogP contribution in [-0.4, -0.2) is 16.7 Å². The van der Waals surface area contributed by atoms with Crippen LogP contribution in [0.1, 0.15) is 11.3 Å². The molecule has 2 rings (SSSR count). The Labute approximate surface area is 82.6 Å². The molecule has 0 aliphatic rings. The van der Waals surface area contributed by atoms with E-state index in [1.807, 2.05) is 31.2 Å². The lowest BCUT2D eigenvalue weighted by Crippen LogP contribution is -1.91. The maximum atomic E-state index is 5.39. The van der Waals surface area contributed by atoms with Gasteiger partial charge in [-0.1, -0.05) is 18.2 Å². The topological polar surface area (TPSA) is 54.7 Å². The molecule has 0 atom stereocenters. The van der Waals surface area contributed by atoms with Crippen molar-refractivity contribution >= 4 is 17.0 Å². The summed E-state index contributed by atoms with van der Waals surface area (Å²) in [5.74, 6) is 0. The summed E-state index contributed by atoms with van der Waals surface area (Å²) in [5, 5.41) is 8.30. The molecular weight excluding hydrogens is 174 g/mol. The van der Waals surface area contributed by atoms with Gasteiger partial charge in [-0.15, -0.1) is 0 Å². The van der Waals surface area contributed by atoms with Gasteiger partial charge in [-0.3, -0.25) is 5.10 Å². The van der Waals surface area contributed by atoms with E-state index in [-0.39, 0.29) is 0 Å². The van der Waals surface area contributed by atoms with Gasteiger partial charge in [0.05, 0.1) is 5.52 Å². The molecule has 3 nitrogen and oxygen atoms in total. The zero-order valence-electron chi connectivity index (χ0n) is 8.12. The average molecular weight is 187 g/mol. The third-order valence-corrected chi connectivity index (χ3v) is 2.22. The summed E-state index contributed by atoms with van der Waals surface area (Å²) in [7, 11) is 0. The highest BCUT2D eigenvalue weighted by molar-refractivity contribution is 5.83. The Morgan fingerprint density at radius 3 is 3.14 bits per heavy atom. The largest absolute Gasteiger partial charge is 0.327 e. The molecule has 1 aromatic heterocycles. The number of hydrogen-bond acceptors (Lipinski definition) is 2. The van der Waals surface area contributed by atoms with Gasteiger partial charge in [0.1, 0.15) is 0 Å². The first-order chi connectivity index (χ1) is 6.81. The second-order valence-corrected chi connectivity index (χ2v) is 3.26. The number of benzene rings is 1. The minimum atomic E-state index is 0.572. The highest BCUT2D eigenvalue weighted by Gasteiger charge is 2.00. The van der Waals surface area contributed by atoms with Crippen LogP contribution in [0.15, 0.2) is 24.3 Å². The monoisotopic (exact) mass is 187 g/mol. The van der Waals surface area contributed by atoms with Gasteiger partial charge in [0.25, 0.3) is 0 Å². The van der Waals surface area contributed by atoms with Gasteiger partial charge in [-0.25, -0.2) is 0 Å². The quantitative estimate of drug-likeness (QED) is 0.753. The van der Waals surface area contributed by atoms with Gasteiger partial charge in [0, 0.05) is 17.6 Å². The van der Waals surface area contributed by atoms with Crippen molar-refractivity contribution in [2.45, 2.75) is 6.92 Å². The van der Waals surface area contributed by atoms with Crippen LogP contribution in [-0.2, 0) is 0 Å². The smallest absolute Gasteiger partial charge is 0.0924 e. The van der Waals surface area contributed by atoms with Gasteiger partial charge in [-0.2, -0.15) is 5.10 Å². The molecule has 2 aromatic rings. The molecule has 3 N–H and O–H groups in total. The van der Waals surface area contributed by atoms with E-state index in [1.165, 1.54) is 5.39 Å².